The maximum atomic E-state index is 12.5. The number of phenolic OH excluding ortho intramolecular Hbond substituents is 1. The van der Waals surface area contributed by atoms with E-state index in [2.05, 4.69) is 6.58 Å². The molecule has 0 unspecified atom stereocenters. The fourth-order valence-electron chi connectivity index (χ4n) is 3.17. The number of hydrogen-bond acceptors (Lipinski definition) is 8. The number of phenols is 1. The Morgan fingerprint density at radius 1 is 0.806 bits per heavy atom. The number of rotatable bonds is 16. The van der Waals surface area contributed by atoms with Crippen LogP contribution in [0.5, 0.6) is 17.2 Å². The maximum absolute atomic E-state index is 12.5. The van der Waals surface area contributed by atoms with E-state index in [9.17, 15) is 19.5 Å². The van der Waals surface area contributed by atoms with E-state index in [1.54, 1.807) is 24.3 Å². The Morgan fingerprint density at radius 2 is 1.44 bits per heavy atom. The molecule has 0 atom stereocenters. The molecule has 2 rings (SSSR count). The molecule has 0 bridgehead atoms. The predicted molar refractivity (Wildman–Crippen MR) is 134 cm³/mol. The van der Waals surface area contributed by atoms with E-state index in [4.69, 9.17) is 18.9 Å². The number of benzene rings is 2. The Hall–Kier alpha value is -3.81. The highest BCUT2D eigenvalue weighted by Crippen LogP contribution is 2.25. The van der Waals surface area contributed by atoms with Crippen LogP contribution in [0.15, 0.2) is 55.1 Å². The van der Waals surface area contributed by atoms with Crippen molar-refractivity contribution in [3.8, 4) is 17.2 Å². The van der Waals surface area contributed by atoms with Gasteiger partial charge in [-0.2, -0.15) is 0 Å². The number of ether oxygens (including phenoxy) is 4. The summed E-state index contributed by atoms with van der Waals surface area (Å²) < 4.78 is 21.1. The van der Waals surface area contributed by atoms with Crippen LogP contribution in [0.3, 0.4) is 0 Å². The Kier molecular flexibility index (Phi) is 12.6. The smallest absolute Gasteiger partial charge is 0.343 e. The second-order valence-corrected chi connectivity index (χ2v) is 8.07. The van der Waals surface area contributed by atoms with Gasteiger partial charge in [0.15, 0.2) is 0 Å². The zero-order valence-corrected chi connectivity index (χ0v) is 20.7. The molecule has 0 radical (unpaired) electrons. The van der Waals surface area contributed by atoms with Crippen LogP contribution in [0.2, 0.25) is 0 Å². The van der Waals surface area contributed by atoms with Gasteiger partial charge in [-0.25, -0.2) is 14.4 Å². The Balaban J connectivity index is 1.77. The first kappa shape index (κ1) is 28.4. The summed E-state index contributed by atoms with van der Waals surface area (Å²) in [5, 5.41) is 9.99. The Bertz CT molecular complexity index is 997. The highest BCUT2D eigenvalue weighted by atomic mass is 16.5. The quantitative estimate of drug-likeness (QED) is 0.137. The molecule has 0 aliphatic rings. The number of carbonyl (C=O) groups is 3. The van der Waals surface area contributed by atoms with E-state index in [1.807, 2.05) is 6.92 Å². The van der Waals surface area contributed by atoms with Crippen LogP contribution in [-0.4, -0.2) is 42.8 Å². The van der Waals surface area contributed by atoms with Gasteiger partial charge in [0.1, 0.15) is 22.8 Å². The van der Waals surface area contributed by atoms with Crippen molar-refractivity contribution >= 4 is 17.9 Å². The highest BCUT2D eigenvalue weighted by Gasteiger charge is 2.16. The molecule has 0 amide bonds. The van der Waals surface area contributed by atoms with Gasteiger partial charge in [0.05, 0.1) is 25.4 Å². The van der Waals surface area contributed by atoms with Gasteiger partial charge in [-0.15, -0.1) is 0 Å². The zero-order valence-electron chi connectivity index (χ0n) is 20.7. The number of hydrogen-bond donors (Lipinski definition) is 1. The van der Waals surface area contributed by atoms with Crippen molar-refractivity contribution in [3.05, 3.63) is 66.2 Å². The van der Waals surface area contributed by atoms with Crippen LogP contribution in [0.25, 0.3) is 0 Å². The van der Waals surface area contributed by atoms with Crippen LogP contribution in [-0.2, 0) is 14.3 Å². The number of aromatic hydroxyl groups is 1. The van der Waals surface area contributed by atoms with Gasteiger partial charge < -0.3 is 24.1 Å². The van der Waals surface area contributed by atoms with E-state index in [-0.39, 0.29) is 23.7 Å². The normalized spacial score (nSPS) is 10.4. The van der Waals surface area contributed by atoms with E-state index in [0.29, 0.717) is 24.5 Å². The van der Waals surface area contributed by atoms with Gasteiger partial charge in [0.2, 0.25) is 0 Å². The molecule has 0 aliphatic carbocycles. The standard InChI is InChI=1S/C28H34O8/c1-3-5-8-19-35-28(32)24-20-23(15-16-25(24)29)36-27(31)21-11-13-22(14-12-21)33-17-9-6-7-10-18-34-26(30)4-2/h4,11-16,20,29H,2-3,5-10,17-19H2,1H3. The molecule has 0 aromatic heterocycles. The van der Waals surface area contributed by atoms with Crippen LogP contribution < -0.4 is 9.47 Å². The van der Waals surface area contributed by atoms with Gasteiger partial charge in [0.25, 0.3) is 0 Å². The second kappa shape index (κ2) is 16.0. The third-order valence-electron chi connectivity index (χ3n) is 5.19. The van der Waals surface area contributed by atoms with Crippen LogP contribution in [0.4, 0.5) is 0 Å². The molecule has 2 aromatic rings. The van der Waals surface area contributed by atoms with Gasteiger partial charge >= 0.3 is 17.9 Å². The van der Waals surface area contributed by atoms with E-state index >= 15 is 0 Å². The molecular formula is C28H34O8. The van der Waals surface area contributed by atoms with Gasteiger partial charge in [-0.05, 0) is 74.6 Å². The molecule has 0 spiro atoms. The average molecular weight is 499 g/mol. The van der Waals surface area contributed by atoms with E-state index in [0.717, 1.165) is 51.0 Å². The lowest BCUT2D eigenvalue weighted by Crippen LogP contribution is -2.10. The molecule has 8 heteroatoms. The summed E-state index contributed by atoms with van der Waals surface area (Å²) in [5.74, 6) is -1.17. The van der Waals surface area contributed by atoms with E-state index in [1.165, 1.54) is 18.2 Å². The summed E-state index contributed by atoms with van der Waals surface area (Å²) in [6.07, 6.45) is 7.34. The SMILES string of the molecule is C=CC(=O)OCCCCCCOc1ccc(C(=O)Oc2ccc(O)c(C(=O)OCCCCC)c2)cc1. The van der Waals surface area contributed by atoms with E-state index < -0.39 is 17.9 Å². The first-order valence-electron chi connectivity index (χ1n) is 12.2. The first-order chi connectivity index (χ1) is 17.4. The fourth-order valence-corrected chi connectivity index (χ4v) is 3.17. The first-order valence-corrected chi connectivity index (χ1v) is 12.2. The summed E-state index contributed by atoms with van der Waals surface area (Å²) in [6, 6.07) is 10.5. The van der Waals surface area contributed by atoms with Crippen molar-refractivity contribution in [2.75, 3.05) is 19.8 Å². The molecule has 0 aliphatic heterocycles. The van der Waals surface area contributed by atoms with Crippen LogP contribution in [0, 0.1) is 0 Å². The van der Waals surface area contributed by atoms with Crippen molar-refractivity contribution in [2.45, 2.75) is 51.9 Å². The van der Waals surface area contributed by atoms with Crippen molar-refractivity contribution < 1.29 is 38.4 Å². The second-order valence-electron chi connectivity index (χ2n) is 8.07. The predicted octanol–water partition coefficient (Wildman–Crippen LogP) is 5.63. The lowest BCUT2D eigenvalue weighted by molar-refractivity contribution is -0.137. The average Bonchev–Trinajstić information content (AvgIpc) is 2.89. The monoisotopic (exact) mass is 498 g/mol. The minimum absolute atomic E-state index is 0.0571. The molecule has 0 saturated heterocycles. The minimum Gasteiger partial charge on any atom is -0.507 e. The van der Waals surface area contributed by atoms with Crippen LogP contribution >= 0.6 is 0 Å². The summed E-state index contributed by atoms with van der Waals surface area (Å²) in [6.45, 7) is 6.57. The maximum Gasteiger partial charge on any atom is 0.343 e. The number of unbranched alkanes of at least 4 members (excludes halogenated alkanes) is 5. The molecule has 8 nitrogen and oxygen atoms in total. The minimum atomic E-state index is -0.667. The fraction of sp³-hybridized carbons (Fsp3) is 0.393. The lowest BCUT2D eigenvalue weighted by Gasteiger charge is -2.10. The summed E-state index contributed by atoms with van der Waals surface area (Å²) in [4.78, 5) is 35.7. The van der Waals surface area contributed by atoms with Crippen molar-refractivity contribution in [2.24, 2.45) is 0 Å². The molecule has 0 heterocycles. The Morgan fingerprint density at radius 3 is 2.14 bits per heavy atom. The largest absolute Gasteiger partial charge is 0.507 e. The topological polar surface area (TPSA) is 108 Å². The summed E-state index contributed by atoms with van der Waals surface area (Å²) in [7, 11) is 0. The highest BCUT2D eigenvalue weighted by molar-refractivity contribution is 5.94. The molecule has 194 valence electrons. The van der Waals surface area contributed by atoms with Crippen molar-refractivity contribution in [1.82, 2.24) is 0 Å². The molecule has 0 saturated carbocycles. The summed E-state index contributed by atoms with van der Waals surface area (Å²) in [5.41, 5.74) is 0.256. The van der Waals surface area contributed by atoms with Crippen LogP contribution in [0.1, 0.15) is 72.6 Å². The van der Waals surface area contributed by atoms with Crippen molar-refractivity contribution in [1.29, 1.82) is 0 Å². The molecular weight excluding hydrogens is 464 g/mol. The lowest BCUT2D eigenvalue weighted by atomic mass is 10.2. The molecule has 2 aromatic carbocycles. The van der Waals surface area contributed by atoms with Crippen molar-refractivity contribution in [3.63, 3.8) is 0 Å². The van der Waals surface area contributed by atoms with Gasteiger partial charge in [-0.3, -0.25) is 0 Å². The third-order valence-corrected chi connectivity index (χ3v) is 5.19. The molecule has 36 heavy (non-hydrogen) atoms. The number of esters is 3. The van der Waals surface area contributed by atoms with Gasteiger partial charge in [-0.1, -0.05) is 26.3 Å². The van der Waals surface area contributed by atoms with Gasteiger partial charge in [0, 0.05) is 6.08 Å². The molecule has 0 fully saturated rings. The molecule has 1 N–H and O–H groups in total. The summed E-state index contributed by atoms with van der Waals surface area (Å²) >= 11 is 0. The Labute approximate surface area is 211 Å². The number of carbonyl (C=O) groups excluding carboxylic acids is 3. The zero-order chi connectivity index (χ0) is 26.2. The third kappa shape index (κ3) is 10.2.